The number of nitrogens with zero attached hydrogens (tertiary/aromatic N) is 3. The number of hydrogen-bond acceptors (Lipinski definition) is 3. The van der Waals surface area contributed by atoms with Crippen LogP contribution in [0.25, 0.3) is 0 Å². The second-order valence-electron chi connectivity index (χ2n) is 5.50. The third kappa shape index (κ3) is 4.08. The largest absolute Gasteiger partial charge is 0.348 e. The zero-order valence-corrected chi connectivity index (χ0v) is 14.8. The van der Waals surface area contributed by atoms with Gasteiger partial charge in [-0.05, 0) is 40.0 Å². The van der Waals surface area contributed by atoms with Gasteiger partial charge >= 0.3 is 0 Å². The Bertz CT molecular complexity index is 859. The molecule has 2 aromatic heterocycles. The summed E-state index contributed by atoms with van der Waals surface area (Å²) in [6.45, 7) is 3.22. The van der Waals surface area contributed by atoms with Crippen LogP contribution in [0.3, 0.4) is 0 Å². The molecule has 6 heteroatoms. The van der Waals surface area contributed by atoms with E-state index in [2.05, 4.69) is 47.9 Å². The van der Waals surface area contributed by atoms with Gasteiger partial charge in [-0.3, -0.25) is 9.78 Å². The lowest BCUT2D eigenvalue weighted by Gasteiger charge is -2.09. The van der Waals surface area contributed by atoms with Crippen LogP contribution < -0.4 is 5.32 Å². The normalized spacial score (nSPS) is 10.6. The molecule has 0 fully saturated rings. The maximum Gasteiger partial charge on any atom is 0.253 e. The van der Waals surface area contributed by atoms with E-state index in [1.165, 1.54) is 5.56 Å². The van der Waals surface area contributed by atoms with Crippen molar-refractivity contribution in [1.82, 2.24) is 19.9 Å². The first kappa shape index (κ1) is 16.4. The number of rotatable bonds is 5. The standard InChI is InChI=1S/C18H17BrN4O/c1-13-21-5-6-23(13)12-15-4-2-3-14(7-15)9-22-18(24)16-8-17(19)11-20-10-16/h2-8,10-11H,9,12H2,1H3,(H,22,24). The van der Waals surface area contributed by atoms with Gasteiger partial charge in [0.25, 0.3) is 5.91 Å². The molecule has 0 atom stereocenters. The van der Waals surface area contributed by atoms with Crippen LogP contribution >= 0.6 is 15.9 Å². The summed E-state index contributed by atoms with van der Waals surface area (Å²) in [5.41, 5.74) is 2.77. The van der Waals surface area contributed by atoms with Crippen LogP contribution in [-0.4, -0.2) is 20.4 Å². The van der Waals surface area contributed by atoms with E-state index in [0.29, 0.717) is 12.1 Å². The molecule has 0 unspecified atom stereocenters. The predicted octanol–water partition coefficient (Wildman–Crippen LogP) is 3.33. The van der Waals surface area contributed by atoms with E-state index in [0.717, 1.165) is 22.4 Å². The summed E-state index contributed by atoms with van der Waals surface area (Å²) >= 11 is 3.32. The van der Waals surface area contributed by atoms with Crippen molar-refractivity contribution in [1.29, 1.82) is 0 Å². The second-order valence-corrected chi connectivity index (χ2v) is 6.41. The number of amides is 1. The molecule has 0 aliphatic rings. The van der Waals surface area contributed by atoms with Crippen LogP contribution in [0.5, 0.6) is 0 Å². The Labute approximate surface area is 148 Å². The average molecular weight is 385 g/mol. The van der Waals surface area contributed by atoms with Crippen molar-refractivity contribution in [2.45, 2.75) is 20.0 Å². The molecule has 0 aliphatic carbocycles. The Morgan fingerprint density at radius 2 is 2.08 bits per heavy atom. The Morgan fingerprint density at radius 3 is 2.83 bits per heavy atom. The number of imidazole rings is 1. The van der Waals surface area contributed by atoms with Crippen LogP contribution in [0.15, 0.2) is 59.6 Å². The first-order valence-electron chi connectivity index (χ1n) is 7.56. The molecule has 122 valence electrons. The van der Waals surface area contributed by atoms with Gasteiger partial charge in [0, 0.05) is 42.3 Å². The van der Waals surface area contributed by atoms with Crippen molar-refractivity contribution in [2.75, 3.05) is 0 Å². The number of pyridine rings is 1. The van der Waals surface area contributed by atoms with Gasteiger partial charge in [0.15, 0.2) is 0 Å². The number of halogens is 1. The minimum Gasteiger partial charge on any atom is -0.348 e. The molecular formula is C18H17BrN4O. The molecule has 3 rings (SSSR count). The fourth-order valence-electron chi connectivity index (χ4n) is 2.43. The second kappa shape index (κ2) is 7.40. The van der Waals surface area contributed by atoms with E-state index >= 15 is 0 Å². The number of nitrogens with one attached hydrogen (secondary N) is 1. The number of carbonyl (C=O) groups is 1. The number of carbonyl (C=O) groups excluding carboxylic acids is 1. The molecule has 0 spiro atoms. The monoisotopic (exact) mass is 384 g/mol. The average Bonchev–Trinajstić information content (AvgIpc) is 2.98. The highest BCUT2D eigenvalue weighted by Gasteiger charge is 2.07. The number of benzene rings is 1. The fourth-order valence-corrected chi connectivity index (χ4v) is 2.79. The highest BCUT2D eigenvalue weighted by Crippen LogP contribution is 2.11. The van der Waals surface area contributed by atoms with Crippen molar-refractivity contribution >= 4 is 21.8 Å². The Kier molecular flexibility index (Phi) is 5.05. The Balaban J connectivity index is 1.64. The molecule has 24 heavy (non-hydrogen) atoms. The summed E-state index contributed by atoms with van der Waals surface area (Å²) < 4.78 is 2.87. The third-order valence-corrected chi connectivity index (χ3v) is 4.12. The van der Waals surface area contributed by atoms with Gasteiger partial charge in [-0.25, -0.2) is 4.98 Å². The molecule has 0 radical (unpaired) electrons. The summed E-state index contributed by atoms with van der Waals surface area (Å²) in [4.78, 5) is 20.4. The quantitative estimate of drug-likeness (QED) is 0.733. The van der Waals surface area contributed by atoms with Crippen molar-refractivity contribution in [3.63, 3.8) is 0 Å². The molecule has 1 amide bonds. The zero-order valence-electron chi connectivity index (χ0n) is 13.2. The van der Waals surface area contributed by atoms with Crippen LogP contribution in [0.2, 0.25) is 0 Å². The predicted molar refractivity (Wildman–Crippen MR) is 95.6 cm³/mol. The Morgan fingerprint density at radius 1 is 1.25 bits per heavy atom. The molecule has 5 nitrogen and oxygen atoms in total. The molecule has 3 aromatic rings. The summed E-state index contributed by atoms with van der Waals surface area (Å²) in [6.07, 6.45) is 6.96. The highest BCUT2D eigenvalue weighted by molar-refractivity contribution is 9.10. The lowest BCUT2D eigenvalue weighted by atomic mass is 10.1. The van der Waals surface area contributed by atoms with Crippen molar-refractivity contribution < 1.29 is 4.79 Å². The van der Waals surface area contributed by atoms with E-state index in [9.17, 15) is 4.79 Å². The molecule has 1 aromatic carbocycles. The van der Waals surface area contributed by atoms with Gasteiger partial charge < -0.3 is 9.88 Å². The van der Waals surface area contributed by atoms with Crippen LogP contribution in [-0.2, 0) is 13.1 Å². The van der Waals surface area contributed by atoms with Crippen LogP contribution in [0, 0.1) is 6.92 Å². The maximum atomic E-state index is 12.2. The van der Waals surface area contributed by atoms with Crippen molar-refractivity contribution in [2.24, 2.45) is 0 Å². The molecule has 0 bridgehead atoms. The minimum atomic E-state index is -0.139. The molecule has 0 saturated heterocycles. The van der Waals surface area contributed by atoms with Crippen molar-refractivity contribution in [3.05, 3.63) is 82.1 Å². The van der Waals surface area contributed by atoms with E-state index in [-0.39, 0.29) is 5.91 Å². The van der Waals surface area contributed by atoms with Gasteiger partial charge in [0.1, 0.15) is 5.82 Å². The molecular weight excluding hydrogens is 368 g/mol. The first-order chi connectivity index (χ1) is 11.6. The Hall–Kier alpha value is -2.47. The molecule has 0 saturated carbocycles. The minimum absolute atomic E-state index is 0.139. The topological polar surface area (TPSA) is 59.8 Å². The fraction of sp³-hybridized carbons (Fsp3) is 0.167. The van der Waals surface area contributed by atoms with Gasteiger partial charge in [-0.2, -0.15) is 0 Å². The summed E-state index contributed by atoms with van der Waals surface area (Å²) in [5.74, 6) is 0.843. The van der Waals surface area contributed by atoms with Gasteiger partial charge in [-0.15, -0.1) is 0 Å². The number of hydrogen-bond donors (Lipinski definition) is 1. The van der Waals surface area contributed by atoms with E-state index in [1.54, 1.807) is 24.7 Å². The number of aryl methyl sites for hydroxylation is 1. The van der Waals surface area contributed by atoms with E-state index in [1.807, 2.05) is 25.3 Å². The summed E-state index contributed by atoms with van der Waals surface area (Å²) in [5, 5.41) is 2.92. The molecule has 2 heterocycles. The number of aromatic nitrogens is 3. The maximum absolute atomic E-state index is 12.2. The van der Waals surface area contributed by atoms with Crippen molar-refractivity contribution in [3.8, 4) is 0 Å². The van der Waals surface area contributed by atoms with Gasteiger partial charge in [0.2, 0.25) is 0 Å². The van der Waals surface area contributed by atoms with E-state index < -0.39 is 0 Å². The van der Waals surface area contributed by atoms with Gasteiger partial charge in [0.05, 0.1) is 5.56 Å². The zero-order chi connectivity index (χ0) is 16.9. The lowest BCUT2D eigenvalue weighted by Crippen LogP contribution is -2.23. The first-order valence-corrected chi connectivity index (χ1v) is 8.35. The lowest BCUT2D eigenvalue weighted by molar-refractivity contribution is 0.0950. The van der Waals surface area contributed by atoms with E-state index in [4.69, 9.17) is 0 Å². The SMILES string of the molecule is Cc1nccn1Cc1cccc(CNC(=O)c2cncc(Br)c2)c1. The van der Waals surface area contributed by atoms with Gasteiger partial charge in [-0.1, -0.05) is 24.3 Å². The molecule has 0 aliphatic heterocycles. The summed E-state index contributed by atoms with van der Waals surface area (Å²) in [7, 11) is 0. The highest BCUT2D eigenvalue weighted by atomic mass is 79.9. The van der Waals surface area contributed by atoms with Crippen LogP contribution in [0.4, 0.5) is 0 Å². The van der Waals surface area contributed by atoms with Crippen LogP contribution in [0.1, 0.15) is 27.3 Å². The third-order valence-electron chi connectivity index (χ3n) is 3.69. The molecule has 1 N–H and O–H groups in total. The summed E-state index contributed by atoms with van der Waals surface area (Å²) in [6, 6.07) is 9.93. The smallest absolute Gasteiger partial charge is 0.253 e.